The van der Waals surface area contributed by atoms with Gasteiger partial charge in [-0.25, -0.2) is 0 Å². The Bertz CT molecular complexity index is 694. The van der Waals surface area contributed by atoms with Gasteiger partial charge in [-0.3, -0.25) is 9.78 Å². The number of nitrogens with one attached hydrogen (secondary N) is 2. The van der Waals surface area contributed by atoms with Crippen molar-refractivity contribution >= 4 is 5.69 Å². The second kappa shape index (κ2) is 5.24. The Hall–Kier alpha value is -2.50. The van der Waals surface area contributed by atoms with Crippen LogP contribution >= 0.6 is 0 Å². The van der Waals surface area contributed by atoms with E-state index < -0.39 is 0 Å². The van der Waals surface area contributed by atoms with Crippen molar-refractivity contribution in [3.63, 3.8) is 0 Å². The molecule has 0 aliphatic rings. The Morgan fingerprint density at radius 3 is 2.95 bits per heavy atom. The first-order valence-electron chi connectivity index (χ1n) is 6.61. The first kappa shape index (κ1) is 12.5. The van der Waals surface area contributed by atoms with Gasteiger partial charge >= 0.3 is 0 Å². The highest BCUT2D eigenvalue weighted by atomic mass is 16.3. The van der Waals surface area contributed by atoms with Gasteiger partial charge in [-0.1, -0.05) is 0 Å². The zero-order chi connectivity index (χ0) is 13.9. The minimum Gasteiger partial charge on any atom is -0.460 e. The third-order valence-electron chi connectivity index (χ3n) is 3.14. The molecule has 0 atom stereocenters. The number of anilines is 1. The number of furan rings is 1. The molecule has 0 aromatic carbocycles. The van der Waals surface area contributed by atoms with Gasteiger partial charge in [0, 0.05) is 24.8 Å². The van der Waals surface area contributed by atoms with Crippen molar-refractivity contribution in [1.29, 1.82) is 0 Å². The summed E-state index contributed by atoms with van der Waals surface area (Å²) in [5.74, 6) is 1.69. The van der Waals surface area contributed by atoms with Gasteiger partial charge in [0.15, 0.2) is 5.76 Å². The molecule has 3 rings (SSSR count). The Morgan fingerprint density at radius 1 is 1.35 bits per heavy atom. The van der Waals surface area contributed by atoms with E-state index in [2.05, 4.69) is 27.5 Å². The van der Waals surface area contributed by atoms with Crippen LogP contribution in [0.3, 0.4) is 0 Å². The second-order valence-corrected chi connectivity index (χ2v) is 4.62. The van der Waals surface area contributed by atoms with Gasteiger partial charge < -0.3 is 9.73 Å². The molecular formula is C14H17N5O. The molecule has 3 aromatic heterocycles. The van der Waals surface area contributed by atoms with Crippen molar-refractivity contribution in [3.8, 4) is 11.5 Å². The molecule has 0 aliphatic heterocycles. The van der Waals surface area contributed by atoms with Gasteiger partial charge in [-0.2, -0.15) is 10.2 Å². The summed E-state index contributed by atoms with van der Waals surface area (Å²) in [5, 5.41) is 14.6. The fourth-order valence-electron chi connectivity index (χ4n) is 2.05. The highest BCUT2D eigenvalue weighted by Gasteiger charge is 2.11. The molecule has 3 heterocycles. The minimum atomic E-state index is 0.668. The summed E-state index contributed by atoms with van der Waals surface area (Å²) < 4.78 is 7.51. The van der Waals surface area contributed by atoms with Gasteiger partial charge in [-0.15, -0.1) is 0 Å². The summed E-state index contributed by atoms with van der Waals surface area (Å²) in [7, 11) is 0. The normalized spacial score (nSPS) is 10.9. The molecule has 6 heteroatoms. The number of rotatable bonds is 5. The zero-order valence-corrected chi connectivity index (χ0v) is 11.6. The lowest BCUT2D eigenvalue weighted by Gasteiger charge is -2.03. The van der Waals surface area contributed by atoms with Crippen molar-refractivity contribution in [2.24, 2.45) is 0 Å². The molecule has 0 spiro atoms. The third-order valence-corrected chi connectivity index (χ3v) is 3.14. The highest BCUT2D eigenvalue weighted by Crippen LogP contribution is 2.23. The van der Waals surface area contributed by atoms with E-state index >= 15 is 0 Å². The third kappa shape index (κ3) is 2.45. The number of aromatic nitrogens is 4. The topological polar surface area (TPSA) is 71.7 Å². The first-order chi connectivity index (χ1) is 9.76. The molecule has 3 aromatic rings. The quantitative estimate of drug-likeness (QED) is 0.748. The SMILES string of the molecule is CCn1cc(NCc2cn[nH]c2-c2ccc(C)o2)cn1. The fourth-order valence-corrected chi connectivity index (χ4v) is 2.05. The molecule has 0 radical (unpaired) electrons. The van der Waals surface area contributed by atoms with Crippen LogP contribution in [-0.2, 0) is 13.1 Å². The van der Waals surface area contributed by atoms with Crippen LogP contribution < -0.4 is 5.32 Å². The summed E-state index contributed by atoms with van der Waals surface area (Å²) in [5.41, 5.74) is 2.96. The molecule has 2 N–H and O–H groups in total. The standard InChI is InChI=1S/C14H17N5O/c1-3-19-9-12(8-17-19)15-6-11-7-16-18-14(11)13-5-4-10(2)20-13/h4-5,7-9,15H,3,6H2,1-2H3,(H,16,18). The molecule has 0 bridgehead atoms. The lowest BCUT2D eigenvalue weighted by atomic mass is 10.2. The van der Waals surface area contributed by atoms with Crippen LogP contribution in [0.15, 0.2) is 35.1 Å². The summed E-state index contributed by atoms with van der Waals surface area (Å²) in [4.78, 5) is 0. The number of aromatic amines is 1. The second-order valence-electron chi connectivity index (χ2n) is 4.62. The van der Waals surface area contributed by atoms with Crippen LogP contribution in [0.5, 0.6) is 0 Å². The Balaban J connectivity index is 1.73. The molecule has 0 saturated heterocycles. The van der Waals surface area contributed by atoms with E-state index in [0.29, 0.717) is 6.54 Å². The van der Waals surface area contributed by atoms with Crippen molar-refractivity contribution < 1.29 is 4.42 Å². The van der Waals surface area contributed by atoms with Crippen LogP contribution in [0.25, 0.3) is 11.5 Å². The smallest absolute Gasteiger partial charge is 0.152 e. The fraction of sp³-hybridized carbons (Fsp3) is 0.286. The summed E-state index contributed by atoms with van der Waals surface area (Å²) >= 11 is 0. The lowest BCUT2D eigenvalue weighted by molar-refractivity contribution is 0.545. The highest BCUT2D eigenvalue weighted by molar-refractivity contribution is 5.57. The van der Waals surface area contributed by atoms with Gasteiger partial charge in [0.1, 0.15) is 11.5 Å². The molecule has 0 fully saturated rings. The number of hydrogen-bond acceptors (Lipinski definition) is 4. The van der Waals surface area contributed by atoms with Crippen molar-refractivity contribution in [1.82, 2.24) is 20.0 Å². The summed E-state index contributed by atoms with van der Waals surface area (Å²) in [6.07, 6.45) is 5.61. The summed E-state index contributed by atoms with van der Waals surface area (Å²) in [6, 6.07) is 3.89. The van der Waals surface area contributed by atoms with Gasteiger partial charge in [-0.05, 0) is 26.0 Å². The maximum atomic E-state index is 5.63. The molecule has 0 unspecified atom stereocenters. The van der Waals surface area contributed by atoms with Crippen LogP contribution in [0, 0.1) is 6.92 Å². The molecule has 0 amide bonds. The van der Waals surface area contributed by atoms with E-state index in [1.807, 2.05) is 42.3 Å². The Kier molecular flexibility index (Phi) is 3.28. The monoisotopic (exact) mass is 271 g/mol. The van der Waals surface area contributed by atoms with E-state index in [1.165, 1.54) is 0 Å². The van der Waals surface area contributed by atoms with Crippen LogP contribution in [0.4, 0.5) is 5.69 Å². The average molecular weight is 271 g/mol. The molecule has 0 aliphatic carbocycles. The average Bonchev–Trinajstić information content (AvgIpc) is 3.16. The predicted octanol–water partition coefficient (Wildman–Crippen LogP) is 2.81. The molecule has 6 nitrogen and oxygen atoms in total. The maximum absolute atomic E-state index is 5.63. The Morgan fingerprint density at radius 2 is 2.25 bits per heavy atom. The van der Waals surface area contributed by atoms with Crippen LogP contribution in [-0.4, -0.2) is 20.0 Å². The summed E-state index contributed by atoms with van der Waals surface area (Å²) in [6.45, 7) is 5.52. The van der Waals surface area contributed by atoms with Gasteiger partial charge in [0.05, 0.1) is 18.1 Å². The minimum absolute atomic E-state index is 0.668. The Labute approximate surface area is 116 Å². The predicted molar refractivity (Wildman–Crippen MR) is 76.3 cm³/mol. The van der Waals surface area contributed by atoms with E-state index in [-0.39, 0.29) is 0 Å². The van der Waals surface area contributed by atoms with Crippen molar-refractivity contribution in [3.05, 3.63) is 42.0 Å². The van der Waals surface area contributed by atoms with Gasteiger partial charge in [0.2, 0.25) is 0 Å². The van der Waals surface area contributed by atoms with Crippen molar-refractivity contribution in [2.45, 2.75) is 26.9 Å². The number of nitrogens with zero attached hydrogens (tertiary/aromatic N) is 3. The number of H-pyrrole nitrogens is 1. The molecule has 20 heavy (non-hydrogen) atoms. The largest absolute Gasteiger partial charge is 0.460 e. The number of hydrogen-bond donors (Lipinski definition) is 2. The van der Waals surface area contributed by atoms with E-state index in [4.69, 9.17) is 4.42 Å². The molecular weight excluding hydrogens is 254 g/mol. The zero-order valence-electron chi connectivity index (χ0n) is 11.6. The maximum Gasteiger partial charge on any atom is 0.152 e. The van der Waals surface area contributed by atoms with Gasteiger partial charge in [0.25, 0.3) is 0 Å². The molecule has 104 valence electrons. The van der Waals surface area contributed by atoms with Crippen molar-refractivity contribution in [2.75, 3.05) is 5.32 Å². The van der Waals surface area contributed by atoms with Crippen LogP contribution in [0.2, 0.25) is 0 Å². The van der Waals surface area contributed by atoms with Crippen LogP contribution in [0.1, 0.15) is 18.2 Å². The molecule has 0 saturated carbocycles. The van der Waals surface area contributed by atoms with E-state index in [0.717, 1.165) is 35.0 Å². The lowest BCUT2D eigenvalue weighted by Crippen LogP contribution is -1.99. The first-order valence-corrected chi connectivity index (χ1v) is 6.61. The van der Waals surface area contributed by atoms with E-state index in [1.54, 1.807) is 0 Å². The van der Waals surface area contributed by atoms with E-state index in [9.17, 15) is 0 Å². The number of aryl methyl sites for hydroxylation is 2.